The molecule has 84 valence electrons. The molecule has 1 aromatic rings. The maximum Gasteiger partial charge on any atom is 0.311 e. The van der Waals surface area contributed by atoms with Gasteiger partial charge in [0.25, 0.3) is 0 Å². The van der Waals surface area contributed by atoms with Gasteiger partial charge in [-0.3, -0.25) is 0 Å². The van der Waals surface area contributed by atoms with E-state index in [4.69, 9.17) is 18.9 Å². The van der Waals surface area contributed by atoms with E-state index in [9.17, 15) is 0 Å². The third kappa shape index (κ3) is 2.28. The predicted molar refractivity (Wildman–Crippen MR) is 55.7 cm³/mol. The summed E-state index contributed by atoms with van der Waals surface area (Å²) in [5.41, 5.74) is 0.774. The minimum absolute atomic E-state index is 0.774. The summed E-state index contributed by atoms with van der Waals surface area (Å²) in [4.78, 5) is 0. The molecule has 4 heteroatoms. The molecule has 0 bridgehead atoms. The van der Waals surface area contributed by atoms with Gasteiger partial charge in [-0.2, -0.15) is 0 Å². The van der Waals surface area contributed by atoms with Gasteiger partial charge in [0.05, 0.1) is 7.11 Å². The largest absolute Gasteiger partial charge is 0.497 e. The van der Waals surface area contributed by atoms with Gasteiger partial charge in [-0.1, -0.05) is 0 Å². The molecule has 0 fully saturated rings. The van der Waals surface area contributed by atoms with E-state index in [1.807, 2.05) is 24.3 Å². The average Bonchev–Trinajstić information content (AvgIpc) is 2.33. The zero-order chi connectivity index (χ0) is 11.3. The molecule has 0 saturated heterocycles. The second-order valence-electron chi connectivity index (χ2n) is 2.90. The van der Waals surface area contributed by atoms with Crippen molar-refractivity contribution < 1.29 is 18.9 Å². The van der Waals surface area contributed by atoms with Crippen LogP contribution in [-0.2, 0) is 20.2 Å². The van der Waals surface area contributed by atoms with Crippen LogP contribution in [0.5, 0.6) is 5.75 Å². The van der Waals surface area contributed by atoms with Crippen molar-refractivity contribution in [1.29, 1.82) is 0 Å². The maximum absolute atomic E-state index is 5.21. The van der Waals surface area contributed by atoms with E-state index in [2.05, 4.69) is 0 Å². The van der Waals surface area contributed by atoms with E-state index in [0.717, 1.165) is 11.3 Å². The Morgan fingerprint density at radius 1 is 0.800 bits per heavy atom. The lowest BCUT2D eigenvalue weighted by atomic mass is 10.2. The van der Waals surface area contributed by atoms with Gasteiger partial charge in [-0.15, -0.1) is 0 Å². The van der Waals surface area contributed by atoms with E-state index in [-0.39, 0.29) is 0 Å². The van der Waals surface area contributed by atoms with Crippen molar-refractivity contribution in [3.63, 3.8) is 0 Å². The molecule has 0 spiro atoms. The number of ether oxygens (including phenoxy) is 4. The molecule has 4 nitrogen and oxygen atoms in total. The molecule has 0 unspecified atom stereocenters. The molecule has 0 aromatic heterocycles. The second kappa shape index (κ2) is 5.11. The maximum atomic E-state index is 5.21. The van der Waals surface area contributed by atoms with Crippen molar-refractivity contribution in [2.24, 2.45) is 0 Å². The van der Waals surface area contributed by atoms with Crippen LogP contribution in [0.15, 0.2) is 24.3 Å². The molecule has 0 N–H and O–H groups in total. The van der Waals surface area contributed by atoms with E-state index < -0.39 is 5.97 Å². The molecule has 0 radical (unpaired) electrons. The Balaban J connectivity index is 3.01. The molecule has 1 rings (SSSR count). The summed E-state index contributed by atoms with van der Waals surface area (Å²) in [5, 5.41) is 0. The van der Waals surface area contributed by atoms with Crippen LogP contribution in [0.4, 0.5) is 0 Å². The Kier molecular flexibility index (Phi) is 4.08. The minimum atomic E-state index is -1.15. The van der Waals surface area contributed by atoms with Crippen LogP contribution in [0.3, 0.4) is 0 Å². The quantitative estimate of drug-likeness (QED) is 0.697. The Hall–Kier alpha value is -1.10. The van der Waals surface area contributed by atoms with Crippen molar-refractivity contribution >= 4 is 0 Å². The molecular weight excluding hydrogens is 196 g/mol. The van der Waals surface area contributed by atoms with Crippen LogP contribution in [0.25, 0.3) is 0 Å². The number of benzene rings is 1. The number of methoxy groups -OCH3 is 4. The van der Waals surface area contributed by atoms with Crippen molar-refractivity contribution in [3.05, 3.63) is 29.8 Å². The molecule has 0 atom stereocenters. The summed E-state index contributed by atoms with van der Waals surface area (Å²) in [6.45, 7) is 0. The third-order valence-electron chi connectivity index (χ3n) is 2.25. The smallest absolute Gasteiger partial charge is 0.311 e. The first-order valence-corrected chi connectivity index (χ1v) is 4.52. The van der Waals surface area contributed by atoms with Crippen LogP contribution in [0, 0.1) is 0 Å². The zero-order valence-electron chi connectivity index (χ0n) is 9.44. The lowest BCUT2D eigenvalue weighted by Crippen LogP contribution is -2.32. The Bertz CT molecular complexity index is 282. The van der Waals surface area contributed by atoms with Gasteiger partial charge in [0.2, 0.25) is 0 Å². The highest BCUT2D eigenvalue weighted by molar-refractivity contribution is 5.28. The van der Waals surface area contributed by atoms with Crippen LogP contribution < -0.4 is 4.74 Å². The number of hydrogen-bond donors (Lipinski definition) is 0. The van der Waals surface area contributed by atoms with Gasteiger partial charge in [-0.25, -0.2) is 0 Å². The summed E-state index contributed by atoms with van der Waals surface area (Å²) < 4.78 is 20.7. The van der Waals surface area contributed by atoms with E-state index in [1.54, 1.807) is 7.11 Å². The van der Waals surface area contributed by atoms with Gasteiger partial charge >= 0.3 is 5.97 Å². The van der Waals surface area contributed by atoms with Gasteiger partial charge < -0.3 is 18.9 Å². The van der Waals surface area contributed by atoms with E-state index >= 15 is 0 Å². The van der Waals surface area contributed by atoms with Gasteiger partial charge in [0, 0.05) is 26.9 Å². The highest BCUT2D eigenvalue weighted by Gasteiger charge is 2.32. The third-order valence-corrected chi connectivity index (χ3v) is 2.25. The lowest BCUT2D eigenvalue weighted by molar-refractivity contribution is -0.364. The fourth-order valence-electron chi connectivity index (χ4n) is 1.40. The van der Waals surface area contributed by atoms with Crippen LogP contribution in [-0.4, -0.2) is 28.4 Å². The SMILES string of the molecule is COc1ccc(C(OC)(OC)OC)cc1. The van der Waals surface area contributed by atoms with Crippen molar-refractivity contribution in [1.82, 2.24) is 0 Å². The fourth-order valence-corrected chi connectivity index (χ4v) is 1.40. The number of hydrogen-bond acceptors (Lipinski definition) is 4. The summed E-state index contributed by atoms with van der Waals surface area (Å²) >= 11 is 0. The Morgan fingerprint density at radius 2 is 1.27 bits per heavy atom. The predicted octanol–water partition coefficient (Wildman–Crippen LogP) is 1.74. The standard InChI is InChI=1S/C11H16O4/c1-12-10-7-5-9(6-8-10)11(13-2,14-3)15-4/h5-8H,1-4H3. The molecule has 0 aliphatic rings. The molecule has 0 heterocycles. The first-order valence-electron chi connectivity index (χ1n) is 4.52. The topological polar surface area (TPSA) is 36.9 Å². The van der Waals surface area contributed by atoms with Crippen molar-refractivity contribution in [2.45, 2.75) is 5.97 Å². The van der Waals surface area contributed by atoms with Crippen LogP contribution in [0.2, 0.25) is 0 Å². The minimum Gasteiger partial charge on any atom is -0.497 e. The van der Waals surface area contributed by atoms with Crippen LogP contribution in [0.1, 0.15) is 5.56 Å². The zero-order valence-corrected chi connectivity index (χ0v) is 9.44. The van der Waals surface area contributed by atoms with Gasteiger partial charge in [-0.05, 0) is 24.3 Å². The molecule has 0 saturated carbocycles. The Labute approximate surface area is 89.7 Å². The lowest BCUT2D eigenvalue weighted by Gasteiger charge is -2.28. The number of rotatable bonds is 5. The van der Waals surface area contributed by atoms with E-state index in [1.165, 1.54) is 21.3 Å². The average molecular weight is 212 g/mol. The second-order valence-corrected chi connectivity index (χ2v) is 2.90. The highest BCUT2D eigenvalue weighted by Crippen LogP contribution is 2.28. The fraction of sp³-hybridized carbons (Fsp3) is 0.455. The van der Waals surface area contributed by atoms with Crippen molar-refractivity contribution in [2.75, 3.05) is 28.4 Å². The molecule has 0 aliphatic heterocycles. The van der Waals surface area contributed by atoms with Crippen LogP contribution >= 0.6 is 0 Å². The summed E-state index contributed by atoms with van der Waals surface area (Å²) in [6, 6.07) is 7.30. The normalized spacial score (nSPS) is 11.5. The molecule has 15 heavy (non-hydrogen) atoms. The summed E-state index contributed by atoms with van der Waals surface area (Å²) in [7, 11) is 6.19. The van der Waals surface area contributed by atoms with Crippen molar-refractivity contribution in [3.8, 4) is 5.75 Å². The summed E-state index contributed by atoms with van der Waals surface area (Å²) in [5.74, 6) is -0.373. The van der Waals surface area contributed by atoms with Gasteiger partial charge in [0.1, 0.15) is 5.75 Å². The highest BCUT2D eigenvalue weighted by atomic mass is 16.9. The molecule has 0 aliphatic carbocycles. The molecule has 0 amide bonds. The monoisotopic (exact) mass is 212 g/mol. The molecular formula is C11H16O4. The Morgan fingerprint density at radius 3 is 1.60 bits per heavy atom. The summed E-state index contributed by atoms with van der Waals surface area (Å²) in [6.07, 6.45) is 0. The van der Waals surface area contributed by atoms with Gasteiger partial charge in [0.15, 0.2) is 0 Å². The molecule has 1 aromatic carbocycles. The first kappa shape index (κ1) is 12.0. The first-order chi connectivity index (χ1) is 7.22. The van der Waals surface area contributed by atoms with E-state index in [0.29, 0.717) is 0 Å².